The number of hydrogen-bond acceptors (Lipinski definition) is 4. The average Bonchev–Trinajstić information content (AvgIpc) is 3.19. The number of imidazole rings is 1. The minimum atomic E-state index is 0.809. The van der Waals surface area contributed by atoms with Crippen molar-refractivity contribution in [2.24, 2.45) is 0 Å². The normalized spacial score (nSPS) is 11.1. The Morgan fingerprint density at radius 2 is 1.33 bits per heavy atom. The molecule has 146 valence electrons. The van der Waals surface area contributed by atoms with Crippen LogP contribution in [0.5, 0.6) is 0 Å². The predicted octanol–water partition coefficient (Wildman–Crippen LogP) is 5.63. The van der Waals surface area contributed by atoms with Gasteiger partial charge in [0, 0.05) is 24.5 Å². The van der Waals surface area contributed by atoms with Gasteiger partial charge in [0.2, 0.25) is 0 Å². The first-order valence-electron chi connectivity index (χ1n) is 10.1. The van der Waals surface area contributed by atoms with Crippen molar-refractivity contribution in [3.8, 4) is 34.2 Å². The lowest BCUT2D eigenvalue weighted by molar-refractivity contribution is 0.704. The Bertz CT molecular complexity index is 1240. The van der Waals surface area contributed by atoms with Gasteiger partial charge in [-0.2, -0.15) is 0 Å². The number of aromatic nitrogens is 5. The van der Waals surface area contributed by atoms with E-state index in [4.69, 9.17) is 9.97 Å². The summed E-state index contributed by atoms with van der Waals surface area (Å²) in [6, 6.07) is 24.1. The van der Waals surface area contributed by atoms with Gasteiger partial charge in [-0.25, -0.2) is 9.97 Å². The number of pyridine rings is 3. The van der Waals surface area contributed by atoms with Crippen LogP contribution >= 0.6 is 0 Å². The zero-order valence-electron chi connectivity index (χ0n) is 16.7. The summed E-state index contributed by atoms with van der Waals surface area (Å²) in [5.41, 5.74) is 6.43. The van der Waals surface area contributed by atoms with Crippen molar-refractivity contribution in [1.82, 2.24) is 24.5 Å². The first kappa shape index (κ1) is 18.2. The zero-order valence-corrected chi connectivity index (χ0v) is 16.7. The van der Waals surface area contributed by atoms with Gasteiger partial charge in [-0.15, -0.1) is 0 Å². The summed E-state index contributed by atoms with van der Waals surface area (Å²) >= 11 is 0. The van der Waals surface area contributed by atoms with Crippen LogP contribution in [0.3, 0.4) is 0 Å². The Morgan fingerprint density at radius 1 is 0.700 bits per heavy atom. The second-order valence-corrected chi connectivity index (χ2v) is 7.13. The number of para-hydroxylation sites is 2. The van der Waals surface area contributed by atoms with E-state index >= 15 is 0 Å². The molecule has 0 atom stereocenters. The molecule has 1 aromatic carbocycles. The monoisotopic (exact) mass is 391 g/mol. The van der Waals surface area contributed by atoms with Gasteiger partial charge in [-0.3, -0.25) is 9.97 Å². The lowest BCUT2D eigenvalue weighted by Gasteiger charge is -2.11. The van der Waals surface area contributed by atoms with Crippen molar-refractivity contribution >= 4 is 11.0 Å². The third-order valence-electron chi connectivity index (χ3n) is 5.04. The first-order valence-corrected chi connectivity index (χ1v) is 10.1. The van der Waals surface area contributed by atoms with Gasteiger partial charge in [-0.1, -0.05) is 31.2 Å². The van der Waals surface area contributed by atoms with Gasteiger partial charge in [0.05, 0.1) is 33.8 Å². The molecule has 0 saturated heterocycles. The third-order valence-corrected chi connectivity index (χ3v) is 5.04. The van der Waals surface area contributed by atoms with E-state index in [0.29, 0.717) is 0 Å². The fraction of sp³-hybridized carbons (Fsp3) is 0.120. The van der Waals surface area contributed by atoms with E-state index in [1.807, 2.05) is 42.5 Å². The molecule has 0 aliphatic rings. The Hall–Kier alpha value is -3.86. The highest BCUT2D eigenvalue weighted by molar-refractivity contribution is 5.82. The van der Waals surface area contributed by atoms with Crippen LogP contribution in [0.2, 0.25) is 0 Å². The molecule has 0 saturated carbocycles. The lowest BCUT2D eigenvalue weighted by Crippen LogP contribution is -2.01. The highest BCUT2D eigenvalue weighted by Crippen LogP contribution is 2.30. The molecule has 5 aromatic rings. The maximum atomic E-state index is 4.97. The molecule has 0 unspecified atom stereocenters. The van der Waals surface area contributed by atoms with Crippen LogP contribution < -0.4 is 0 Å². The van der Waals surface area contributed by atoms with Crippen molar-refractivity contribution < 1.29 is 0 Å². The van der Waals surface area contributed by atoms with Crippen molar-refractivity contribution in [3.63, 3.8) is 0 Å². The first-order chi connectivity index (χ1) is 14.8. The van der Waals surface area contributed by atoms with E-state index < -0.39 is 0 Å². The molecule has 0 radical (unpaired) electrons. The molecule has 0 fully saturated rings. The third kappa shape index (κ3) is 3.35. The number of aryl methyl sites for hydroxylation is 1. The summed E-state index contributed by atoms with van der Waals surface area (Å²) in [4.78, 5) is 18.9. The Balaban J connectivity index is 1.76. The van der Waals surface area contributed by atoms with Crippen molar-refractivity contribution in [2.45, 2.75) is 19.9 Å². The van der Waals surface area contributed by atoms with Gasteiger partial charge in [-0.05, 0) is 55.0 Å². The maximum absolute atomic E-state index is 4.97. The van der Waals surface area contributed by atoms with Gasteiger partial charge in [0.25, 0.3) is 0 Å². The van der Waals surface area contributed by atoms with Crippen molar-refractivity contribution in [3.05, 3.63) is 85.2 Å². The molecule has 4 heterocycles. The molecular formula is C25H21N5. The van der Waals surface area contributed by atoms with Crippen molar-refractivity contribution in [2.75, 3.05) is 0 Å². The van der Waals surface area contributed by atoms with Crippen LogP contribution in [0.25, 0.3) is 45.2 Å². The summed E-state index contributed by atoms with van der Waals surface area (Å²) in [6.07, 6.45) is 4.60. The SMILES string of the molecule is CCCn1c(-c2cc(-c3ccccn3)nc(-c3ccccn3)c2)nc2ccccc21. The molecule has 4 aromatic heterocycles. The highest BCUT2D eigenvalue weighted by atomic mass is 15.1. The molecule has 5 rings (SSSR count). The second kappa shape index (κ2) is 7.87. The number of fused-ring (bicyclic) bond motifs is 1. The van der Waals surface area contributed by atoms with Crippen LogP contribution in [-0.4, -0.2) is 24.5 Å². The Morgan fingerprint density at radius 3 is 1.93 bits per heavy atom. The molecule has 0 bridgehead atoms. The number of hydrogen-bond donors (Lipinski definition) is 0. The van der Waals surface area contributed by atoms with E-state index in [2.05, 4.69) is 51.8 Å². The molecule has 0 aliphatic carbocycles. The summed E-state index contributed by atoms with van der Waals surface area (Å²) in [5.74, 6) is 0.940. The van der Waals surface area contributed by atoms with E-state index in [0.717, 1.165) is 58.2 Å². The standard InChI is InChI=1S/C25H21N5/c1-2-15-30-24-12-4-3-11-21(24)29-25(30)18-16-22(19-9-5-7-13-26-19)28-23(17-18)20-10-6-8-14-27-20/h3-14,16-17H,2,15H2,1H3. The van der Waals surface area contributed by atoms with Crippen LogP contribution in [0.15, 0.2) is 85.2 Å². The Kier molecular flexibility index (Phi) is 4.77. The van der Waals surface area contributed by atoms with Gasteiger partial charge in [0.15, 0.2) is 0 Å². The molecule has 30 heavy (non-hydrogen) atoms. The molecule has 0 spiro atoms. The number of nitrogens with zero attached hydrogens (tertiary/aromatic N) is 5. The van der Waals surface area contributed by atoms with E-state index in [9.17, 15) is 0 Å². The molecule has 0 aliphatic heterocycles. The zero-order chi connectivity index (χ0) is 20.3. The average molecular weight is 391 g/mol. The van der Waals surface area contributed by atoms with Gasteiger partial charge < -0.3 is 4.57 Å². The van der Waals surface area contributed by atoms with Crippen LogP contribution in [-0.2, 0) is 6.54 Å². The molecule has 0 N–H and O–H groups in total. The van der Waals surface area contributed by atoms with E-state index in [1.165, 1.54) is 0 Å². The van der Waals surface area contributed by atoms with Crippen LogP contribution in [0, 0.1) is 0 Å². The number of rotatable bonds is 5. The van der Waals surface area contributed by atoms with Gasteiger partial charge in [0.1, 0.15) is 5.82 Å². The largest absolute Gasteiger partial charge is 0.324 e. The second-order valence-electron chi connectivity index (χ2n) is 7.13. The van der Waals surface area contributed by atoms with Gasteiger partial charge >= 0.3 is 0 Å². The summed E-state index contributed by atoms with van der Waals surface area (Å²) < 4.78 is 2.29. The topological polar surface area (TPSA) is 56.5 Å². The quantitative estimate of drug-likeness (QED) is 0.389. The minimum absolute atomic E-state index is 0.809. The summed E-state index contributed by atoms with van der Waals surface area (Å²) in [7, 11) is 0. The van der Waals surface area contributed by atoms with Crippen LogP contribution in [0.4, 0.5) is 0 Å². The Labute approximate surface area is 175 Å². The van der Waals surface area contributed by atoms with E-state index in [1.54, 1.807) is 12.4 Å². The van der Waals surface area contributed by atoms with Crippen LogP contribution in [0.1, 0.15) is 13.3 Å². The minimum Gasteiger partial charge on any atom is -0.324 e. The fourth-order valence-electron chi connectivity index (χ4n) is 3.70. The molecule has 0 amide bonds. The fourth-order valence-corrected chi connectivity index (χ4v) is 3.70. The summed E-state index contributed by atoms with van der Waals surface area (Å²) in [5, 5.41) is 0. The number of benzene rings is 1. The highest BCUT2D eigenvalue weighted by Gasteiger charge is 2.16. The molecule has 5 heteroatoms. The predicted molar refractivity (Wildman–Crippen MR) is 120 cm³/mol. The molecular weight excluding hydrogens is 370 g/mol. The van der Waals surface area contributed by atoms with Crippen molar-refractivity contribution in [1.29, 1.82) is 0 Å². The summed E-state index contributed by atoms with van der Waals surface area (Å²) in [6.45, 7) is 3.08. The maximum Gasteiger partial charge on any atom is 0.141 e. The van der Waals surface area contributed by atoms with E-state index in [-0.39, 0.29) is 0 Å². The smallest absolute Gasteiger partial charge is 0.141 e. The lowest BCUT2D eigenvalue weighted by atomic mass is 10.1. The molecule has 5 nitrogen and oxygen atoms in total.